The van der Waals surface area contributed by atoms with Crippen molar-refractivity contribution >= 4 is 5.95 Å². The van der Waals surface area contributed by atoms with Gasteiger partial charge in [-0.25, -0.2) is 4.98 Å². The molecule has 1 heterocycles. The maximum Gasteiger partial charge on any atom is 0.203 e. The number of anilines is 1. The minimum Gasteiger partial charge on any atom is -0.353 e. The quantitative estimate of drug-likeness (QED) is 0.824. The highest BCUT2D eigenvalue weighted by Crippen LogP contribution is 2.13. The van der Waals surface area contributed by atoms with Crippen LogP contribution in [0.5, 0.6) is 0 Å². The summed E-state index contributed by atoms with van der Waals surface area (Å²) in [7, 11) is 0. The van der Waals surface area contributed by atoms with Gasteiger partial charge in [-0.3, -0.25) is 0 Å². The molecule has 2 rings (SSSR count). The van der Waals surface area contributed by atoms with Gasteiger partial charge in [-0.15, -0.1) is 0 Å². The van der Waals surface area contributed by atoms with Crippen LogP contribution in [0.3, 0.4) is 0 Å². The van der Waals surface area contributed by atoms with Gasteiger partial charge in [-0.05, 0) is 38.7 Å². The molecule has 0 aliphatic heterocycles. The minimum absolute atomic E-state index is 0.424. The molecule has 0 fully saturated rings. The average molecular weight is 271 g/mol. The van der Waals surface area contributed by atoms with Crippen molar-refractivity contribution in [1.82, 2.24) is 9.55 Å². The fourth-order valence-electron chi connectivity index (χ4n) is 2.39. The van der Waals surface area contributed by atoms with Crippen molar-refractivity contribution in [3.05, 3.63) is 47.8 Å². The van der Waals surface area contributed by atoms with E-state index in [0.29, 0.717) is 6.04 Å². The van der Waals surface area contributed by atoms with Crippen LogP contribution in [0, 0.1) is 6.92 Å². The number of rotatable bonds is 7. The standard InChI is InChI=1S/C17H25N3/c1-4-12-20-13-15(3)19-17(20)18-14(2)10-11-16-8-6-5-7-9-16/h5-9,13-14H,4,10-12H2,1-3H3,(H,18,19). The van der Waals surface area contributed by atoms with Crippen molar-refractivity contribution in [3.8, 4) is 0 Å². The maximum atomic E-state index is 4.58. The van der Waals surface area contributed by atoms with Crippen molar-refractivity contribution in [1.29, 1.82) is 0 Å². The molecule has 0 aliphatic rings. The van der Waals surface area contributed by atoms with Gasteiger partial charge in [0.25, 0.3) is 0 Å². The van der Waals surface area contributed by atoms with Crippen LogP contribution < -0.4 is 5.32 Å². The van der Waals surface area contributed by atoms with Crippen LogP contribution in [0.1, 0.15) is 37.9 Å². The second-order valence-corrected chi connectivity index (χ2v) is 5.47. The van der Waals surface area contributed by atoms with Gasteiger partial charge in [-0.2, -0.15) is 0 Å². The van der Waals surface area contributed by atoms with Gasteiger partial charge in [0.1, 0.15) is 0 Å². The monoisotopic (exact) mass is 271 g/mol. The van der Waals surface area contributed by atoms with Gasteiger partial charge in [0.2, 0.25) is 5.95 Å². The highest BCUT2D eigenvalue weighted by Gasteiger charge is 2.08. The fraction of sp³-hybridized carbons (Fsp3) is 0.471. The molecule has 0 amide bonds. The molecule has 0 bridgehead atoms. The first kappa shape index (κ1) is 14.6. The molecule has 3 heteroatoms. The Bertz CT molecular complexity index is 516. The number of nitrogens with one attached hydrogen (secondary N) is 1. The molecule has 1 N–H and O–H groups in total. The Kier molecular flexibility index (Phi) is 5.22. The molecular formula is C17H25N3. The third-order valence-corrected chi connectivity index (χ3v) is 3.45. The van der Waals surface area contributed by atoms with Crippen LogP contribution in [0.4, 0.5) is 5.95 Å². The second-order valence-electron chi connectivity index (χ2n) is 5.47. The first-order valence-corrected chi connectivity index (χ1v) is 7.53. The molecule has 1 aromatic heterocycles. The first-order valence-electron chi connectivity index (χ1n) is 7.53. The van der Waals surface area contributed by atoms with Crippen LogP contribution in [-0.4, -0.2) is 15.6 Å². The number of hydrogen-bond acceptors (Lipinski definition) is 2. The van der Waals surface area contributed by atoms with E-state index in [1.54, 1.807) is 0 Å². The van der Waals surface area contributed by atoms with Crippen LogP contribution in [0.15, 0.2) is 36.5 Å². The summed E-state index contributed by atoms with van der Waals surface area (Å²) in [5.41, 5.74) is 2.48. The molecule has 1 unspecified atom stereocenters. The Morgan fingerprint density at radius 1 is 1.25 bits per heavy atom. The first-order chi connectivity index (χ1) is 9.69. The molecule has 0 saturated carbocycles. The minimum atomic E-state index is 0.424. The van der Waals surface area contributed by atoms with Crippen molar-refractivity contribution in [2.45, 2.75) is 52.6 Å². The van der Waals surface area contributed by atoms with Gasteiger partial charge < -0.3 is 9.88 Å². The van der Waals surface area contributed by atoms with Crippen molar-refractivity contribution < 1.29 is 0 Å². The van der Waals surface area contributed by atoms with E-state index in [2.05, 4.69) is 65.2 Å². The Hall–Kier alpha value is -1.77. The van der Waals surface area contributed by atoms with Gasteiger partial charge >= 0.3 is 0 Å². The van der Waals surface area contributed by atoms with E-state index in [1.807, 2.05) is 6.92 Å². The number of benzene rings is 1. The van der Waals surface area contributed by atoms with Gasteiger partial charge in [0.15, 0.2) is 0 Å². The third kappa shape index (κ3) is 4.12. The molecule has 1 atom stereocenters. The van der Waals surface area contributed by atoms with Crippen molar-refractivity contribution in [3.63, 3.8) is 0 Å². The predicted octanol–water partition coefficient (Wildman–Crippen LogP) is 4.03. The van der Waals surface area contributed by atoms with Crippen LogP contribution in [-0.2, 0) is 13.0 Å². The highest BCUT2D eigenvalue weighted by atomic mass is 15.2. The SMILES string of the molecule is CCCn1cc(C)nc1NC(C)CCc1ccccc1. The number of hydrogen-bond donors (Lipinski definition) is 1. The molecule has 0 saturated heterocycles. The lowest BCUT2D eigenvalue weighted by atomic mass is 10.1. The summed E-state index contributed by atoms with van der Waals surface area (Å²) in [6.07, 6.45) is 5.46. The van der Waals surface area contributed by atoms with E-state index in [0.717, 1.165) is 37.4 Å². The molecule has 0 radical (unpaired) electrons. The van der Waals surface area contributed by atoms with Crippen LogP contribution in [0.2, 0.25) is 0 Å². The summed E-state index contributed by atoms with van der Waals surface area (Å²) in [4.78, 5) is 4.58. The Labute approximate surface area is 122 Å². The number of aromatic nitrogens is 2. The largest absolute Gasteiger partial charge is 0.353 e. The Balaban J connectivity index is 1.89. The fourth-order valence-corrected chi connectivity index (χ4v) is 2.39. The number of nitrogens with zero attached hydrogens (tertiary/aromatic N) is 2. The molecule has 2 aromatic rings. The summed E-state index contributed by atoms with van der Waals surface area (Å²) in [6, 6.07) is 11.1. The molecule has 108 valence electrons. The highest BCUT2D eigenvalue weighted by molar-refractivity contribution is 5.30. The lowest BCUT2D eigenvalue weighted by Crippen LogP contribution is -2.19. The summed E-state index contributed by atoms with van der Waals surface area (Å²) in [5.74, 6) is 1.00. The van der Waals surface area contributed by atoms with Crippen molar-refractivity contribution in [2.24, 2.45) is 0 Å². The van der Waals surface area contributed by atoms with Gasteiger partial charge in [0.05, 0.1) is 5.69 Å². The van der Waals surface area contributed by atoms with E-state index in [1.165, 1.54) is 5.56 Å². The van der Waals surface area contributed by atoms with E-state index in [-0.39, 0.29) is 0 Å². The maximum absolute atomic E-state index is 4.58. The zero-order chi connectivity index (χ0) is 14.4. The lowest BCUT2D eigenvalue weighted by molar-refractivity contribution is 0.652. The smallest absolute Gasteiger partial charge is 0.203 e. The molecule has 0 aliphatic carbocycles. The summed E-state index contributed by atoms with van der Waals surface area (Å²) < 4.78 is 2.22. The van der Waals surface area contributed by atoms with Crippen LogP contribution >= 0.6 is 0 Å². The third-order valence-electron chi connectivity index (χ3n) is 3.45. The second kappa shape index (κ2) is 7.13. The average Bonchev–Trinajstić information content (AvgIpc) is 2.78. The number of imidazole rings is 1. The van der Waals surface area contributed by atoms with E-state index < -0.39 is 0 Å². The van der Waals surface area contributed by atoms with Gasteiger partial charge in [0, 0.05) is 18.8 Å². The molecule has 20 heavy (non-hydrogen) atoms. The molecule has 0 spiro atoms. The van der Waals surface area contributed by atoms with E-state index >= 15 is 0 Å². The zero-order valence-corrected chi connectivity index (χ0v) is 12.8. The summed E-state index contributed by atoms with van der Waals surface area (Å²) in [5, 5.41) is 3.54. The number of aryl methyl sites for hydroxylation is 3. The van der Waals surface area contributed by atoms with Crippen LogP contribution in [0.25, 0.3) is 0 Å². The van der Waals surface area contributed by atoms with Crippen molar-refractivity contribution in [2.75, 3.05) is 5.32 Å². The topological polar surface area (TPSA) is 29.9 Å². The summed E-state index contributed by atoms with van der Waals surface area (Å²) >= 11 is 0. The van der Waals surface area contributed by atoms with E-state index in [4.69, 9.17) is 0 Å². The molecular weight excluding hydrogens is 246 g/mol. The predicted molar refractivity (Wildman–Crippen MR) is 85.1 cm³/mol. The lowest BCUT2D eigenvalue weighted by Gasteiger charge is -2.15. The summed E-state index contributed by atoms with van der Waals surface area (Å²) in [6.45, 7) is 7.49. The normalized spacial score (nSPS) is 12.3. The Morgan fingerprint density at radius 2 is 2.00 bits per heavy atom. The van der Waals surface area contributed by atoms with E-state index in [9.17, 15) is 0 Å². The zero-order valence-electron chi connectivity index (χ0n) is 12.8. The molecule has 3 nitrogen and oxygen atoms in total. The Morgan fingerprint density at radius 3 is 2.70 bits per heavy atom. The molecule has 1 aromatic carbocycles. The van der Waals surface area contributed by atoms with Gasteiger partial charge in [-0.1, -0.05) is 37.3 Å².